The lowest BCUT2D eigenvalue weighted by Gasteiger charge is -2.19. The first-order chi connectivity index (χ1) is 9.13. The molecule has 2 N–H and O–H groups in total. The minimum absolute atomic E-state index is 0.0817. The molecule has 1 aromatic carbocycles. The summed E-state index contributed by atoms with van der Waals surface area (Å²) < 4.78 is 28.1. The highest BCUT2D eigenvalue weighted by molar-refractivity contribution is 5.30. The number of aromatic amines is 1. The summed E-state index contributed by atoms with van der Waals surface area (Å²) in [5.74, 6) is -0.315. The molecule has 1 unspecified atom stereocenters. The second-order valence-corrected chi connectivity index (χ2v) is 4.44. The number of likely N-dealkylation sites (N-methyl/N-ethyl adjacent to an activating group) is 1. The zero-order valence-electron chi connectivity index (χ0n) is 11.0. The molecule has 1 atom stereocenters. The quantitative estimate of drug-likeness (QED) is 0.872. The Balaban J connectivity index is 2.36. The smallest absolute Gasteiger partial charge is 0.133 e. The summed E-state index contributed by atoms with van der Waals surface area (Å²) in [5.41, 5.74) is 0.525. The number of aromatic nitrogens is 2. The van der Waals surface area contributed by atoms with Crippen molar-refractivity contribution in [3.63, 3.8) is 0 Å². The number of halogens is 2. The second kappa shape index (κ2) is 5.93. The van der Waals surface area contributed by atoms with Crippen molar-refractivity contribution in [1.82, 2.24) is 15.3 Å². The SMILES string of the molecule is CCNC(Cc1ncc[nH]1)c1c(F)ccc(C)c1F. The van der Waals surface area contributed by atoms with Crippen molar-refractivity contribution in [3.05, 3.63) is 53.1 Å². The van der Waals surface area contributed by atoms with E-state index in [0.717, 1.165) is 0 Å². The van der Waals surface area contributed by atoms with Crippen LogP contribution >= 0.6 is 0 Å². The molecule has 0 radical (unpaired) electrons. The van der Waals surface area contributed by atoms with E-state index >= 15 is 0 Å². The van der Waals surface area contributed by atoms with E-state index in [4.69, 9.17) is 0 Å². The molecule has 0 aliphatic carbocycles. The Morgan fingerprint density at radius 2 is 2.16 bits per heavy atom. The molecule has 2 rings (SSSR count). The number of rotatable bonds is 5. The first kappa shape index (κ1) is 13.7. The van der Waals surface area contributed by atoms with Crippen LogP contribution in [0, 0.1) is 18.6 Å². The molecule has 0 aliphatic rings. The molecule has 1 aromatic heterocycles. The van der Waals surface area contributed by atoms with Crippen LogP contribution in [0.4, 0.5) is 8.78 Å². The van der Waals surface area contributed by atoms with Crippen LogP contribution in [0.5, 0.6) is 0 Å². The minimum Gasteiger partial charge on any atom is -0.349 e. The molecule has 102 valence electrons. The van der Waals surface area contributed by atoms with Crippen LogP contribution in [-0.4, -0.2) is 16.5 Å². The highest BCUT2D eigenvalue weighted by Crippen LogP contribution is 2.25. The number of imidazole rings is 1. The predicted octanol–water partition coefficient (Wildman–Crippen LogP) is 2.89. The van der Waals surface area contributed by atoms with Gasteiger partial charge in [-0.25, -0.2) is 13.8 Å². The van der Waals surface area contributed by atoms with Gasteiger partial charge in [0.25, 0.3) is 0 Å². The lowest BCUT2D eigenvalue weighted by molar-refractivity contribution is 0.465. The Labute approximate surface area is 111 Å². The van der Waals surface area contributed by atoms with Crippen LogP contribution in [0.3, 0.4) is 0 Å². The van der Waals surface area contributed by atoms with Gasteiger partial charge in [0, 0.05) is 30.4 Å². The van der Waals surface area contributed by atoms with Gasteiger partial charge in [0.05, 0.1) is 0 Å². The van der Waals surface area contributed by atoms with Crippen LogP contribution in [0.25, 0.3) is 0 Å². The molecule has 19 heavy (non-hydrogen) atoms. The maximum Gasteiger partial charge on any atom is 0.133 e. The van der Waals surface area contributed by atoms with Gasteiger partial charge in [-0.1, -0.05) is 13.0 Å². The second-order valence-electron chi connectivity index (χ2n) is 4.44. The average Bonchev–Trinajstić information content (AvgIpc) is 2.87. The van der Waals surface area contributed by atoms with Crippen LogP contribution in [0.15, 0.2) is 24.5 Å². The number of H-pyrrole nitrogens is 1. The summed E-state index contributed by atoms with van der Waals surface area (Å²) in [6.45, 7) is 4.16. The molecular weight excluding hydrogens is 248 g/mol. The molecule has 1 heterocycles. The van der Waals surface area contributed by atoms with Gasteiger partial charge >= 0.3 is 0 Å². The zero-order valence-corrected chi connectivity index (χ0v) is 11.0. The summed E-state index contributed by atoms with van der Waals surface area (Å²) in [6.07, 6.45) is 3.74. The average molecular weight is 265 g/mol. The van der Waals surface area contributed by atoms with Crippen LogP contribution in [0.1, 0.15) is 29.9 Å². The predicted molar refractivity (Wildman–Crippen MR) is 69.8 cm³/mol. The van der Waals surface area contributed by atoms with Crippen molar-refractivity contribution in [2.45, 2.75) is 26.3 Å². The van der Waals surface area contributed by atoms with E-state index < -0.39 is 17.7 Å². The largest absolute Gasteiger partial charge is 0.349 e. The fraction of sp³-hybridized carbons (Fsp3) is 0.357. The fourth-order valence-electron chi connectivity index (χ4n) is 2.12. The third-order valence-electron chi connectivity index (χ3n) is 3.07. The molecule has 0 amide bonds. The fourth-order valence-corrected chi connectivity index (χ4v) is 2.12. The molecule has 0 fully saturated rings. The van der Waals surface area contributed by atoms with E-state index in [2.05, 4.69) is 15.3 Å². The van der Waals surface area contributed by atoms with Gasteiger partial charge in [0.2, 0.25) is 0 Å². The standard InChI is InChI=1S/C14H17F2N3/c1-3-17-11(8-12-18-6-7-19-12)13-10(15)5-4-9(2)14(13)16/h4-7,11,17H,3,8H2,1-2H3,(H,18,19). The van der Waals surface area contributed by atoms with Crippen LogP contribution in [-0.2, 0) is 6.42 Å². The monoisotopic (exact) mass is 265 g/mol. The van der Waals surface area contributed by atoms with Crippen LogP contribution in [0.2, 0.25) is 0 Å². The molecule has 0 spiro atoms. The van der Waals surface area contributed by atoms with E-state index in [1.807, 2.05) is 6.92 Å². The van der Waals surface area contributed by atoms with Crippen LogP contribution < -0.4 is 5.32 Å². The van der Waals surface area contributed by atoms with E-state index in [-0.39, 0.29) is 5.56 Å². The third kappa shape index (κ3) is 2.98. The maximum atomic E-state index is 14.2. The number of benzene rings is 1. The Morgan fingerprint density at radius 1 is 1.37 bits per heavy atom. The lowest BCUT2D eigenvalue weighted by atomic mass is 9.99. The van der Waals surface area contributed by atoms with Gasteiger partial charge < -0.3 is 10.3 Å². The molecule has 2 aromatic rings. The van der Waals surface area contributed by atoms with Crippen molar-refractivity contribution in [3.8, 4) is 0 Å². The summed E-state index contributed by atoms with van der Waals surface area (Å²) in [4.78, 5) is 7.06. The third-order valence-corrected chi connectivity index (χ3v) is 3.07. The molecule has 0 saturated carbocycles. The Morgan fingerprint density at radius 3 is 2.79 bits per heavy atom. The number of nitrogens with one attached hydrogen (secondary N) is 2. The summed E-state index contributed by atoms with van der Waals surface area (Å²) in [7, 11) is 0. The van der Waals surface area contributed by atoms with Gasteiger partial charge in [-0.15, -0.1) is 0 Å². The molecular formula is C14H17F2N3. The summed E-state index contributed by atoms with van der Waals surface area (Å²) in [5, 5.41) is 3.11. The zero-order chi connectivity index (χ0) is 13.8. The lowest BCUT2D eigenvalue weighted by Crippen LogP contribution is -2.25. The van der Waals surface area contributed by atoms with Gasteiger partial charge in [-0.05, 0) is 25.1 Å². The number of hydrogen-bond donors (Lipinski definition) is 2. The van der Waals surface area contributed by atoms with E-state index in [9.17, 15) is 8.78 Å². The Bertz CT molecular complexity index is 538. The summed E-state index contributed by atoms with van der Waals surface area (Å²) in [6, 6.07) is 2.32. The molecule has 0 bridgehead atoms. The van der Waals surface area contributed by atoms with E-state index in [1.54, 1.807) is 19.3 Å². The Hall–Kier alpha value is -1.75. The normalized spacial score (nSPS) is 12.6. The Kier molecular flexibility index (Phi) is 4.27. The van der Waals surface area contributed by atoms with Gasteiger partial charge in [0.1, 0.15) is 17.5 Å². The molecule has 3 nitrogen and oxygen atoms in total. The van der Waals surface area contributed by atoms with Gasteiger partial charge in [-0.3, -0.25) is 0 Å². The van der Waals surface area contributed by atoms with E-state index in [1.165, 1.54) is 12.1 Å². The highest BCUT2D eigenvalue weighted by atomic mass is 19.1. The first-order valence-electron chi connectivity index (χ1n) is 6.29. The first-order valence-corrected chi connectivity index (χ1v) is 6.29. The summed E-state index contributed by atoms with van der Waals surface area (Å²) >= 11 is 0. The van der Waals surface area contributed by atoms with Crippen molar-refractivity contribution in [1.29, 1.82) is 0 Å². The van der Waals surface area contributed by atoms with E-state index in [0.29, 0.717) is 24.4 Å². The number of nitrogens with zero attached hydrogens (tertiary/aromatic N) is 1. The molecule has 0 saturated heterocycles. The van der Waals surface area contributed by atoms with Gasteiger partial charge in [0.15, 0.2) is 0 Å². The number of aryl methyl sites for hydroxylation is 1. The van der Waals surface area contributed by atoms with Crippen molar-refractivity contribution < 1.29 is 8.78 Å². The van der Waals surface area contributed by atoms with Crippen molar-refractivity contribution >= 4 is 0 Å². The van der Waals surface area contributed by atoms with Crippen molar-refractivity contribution in [2.24, 2.45) is 0 Å². The minimum atomic E-state index is -0.527. The van der Waals surface area contributed by atoms with Gasteiger partial charge in [-0.2, -0.15) is 0 Å². The molecule has 0 aliphatic heterocycles. The highest BCUT2D eigenvalue weighted by Gasteiger charge is 2.22. The topological polar surface area (TPSA) is 40.7 Å². The molecule has 5 heteroatoms. The maximum absolute atomic E-state index is 14.2. The number of hydrogen-bond acceptors (Lipinski definition) is 2. The van der Waals surface area contributed by atoms with Crippen molar-refractivity contribution in [2.75, 3.05) is 6.54 Å².